The maximum Gasteiger partial charge on any atom is 0.143 e. The van der Waals surface area contributed by atoms with Gasteiger partial charge in [-0.3, -0.25) is 0 Å². The number of ether oxygens (including phenoxy) is 1. The van der Waals surface area contributed by atoms with Crippen molar-refractivity contribution >= 4 is 11.4 Å². The average Bonchev–Trinajstić information content (AvgIpc) is 2.65. The summed E-state index contributed by atoms with van der Waals surface area (Å²) >= 11 is 0. The average molecular weight is 262 g/mol. The zero-order valence-electron chi connectivity index (χ0n) is 12.2. The van der Waals surface area contributed by atoms with Gasteiger partial charge < -0.3 is 15.4 Å². The van der Waals surface area contributed by atoms with Crippen LogP contribution < -0.4 is 15.4 Å². The lowest BCUT2D eigenvalue weighted by Gasteiger charge is -2.25. The Morgan fingerprint density at radius 1 is 1.32 bits per heavy atom. The van der Waals surface area contributed by atoms with E-state index in [1.165, 1.54) is 32.1 Å². The van der Waals surface area contributed by atoms with E-state index < -0.39 is 0 Å². The van der Waals surface area contributed by atoms with Crippen molar-refractivity contribution in [3.8, 4) is 5.75 Å². The summed E-state index contributed by atoms with van der Waals surface area (Å²) in [6, 6.07) is 6.06. The third kappa shape index (κ3) is 3.34. The topological polar surface area (TPSA) is 38.5 Å². The molecule has 1 heterocycles. The van der Waals surface area contributed by atoms with Gasteiger partial charge in [-0.25, -0.2) is 0 Å². The van der Waals surface area contributed by atoms with Crippen LogP contribution in [0.1, 0.15) is 39.0 Å². The van der Waals surface area contributed by atoms with E-state index in [4.69, 9.17) is 10.5 Å². The maximum atomic E-state index is 6.20. The van der Waals surface area contributed by atoms with Crippen LogP contribution in [0, 0.1) is 5.92 Å². The number of anilines is 2. The molecule has 1 aromatic carbocycles. The minimum Gasteiger partial charge on any atom is -0.495 e. The molecule has 1 aliphatic heterocycles. The molecule has 1 saturated heterocycles. The molecule has 106 valence electrons. The second kappa shape index (κ2) is 6.69. The van der Waals surface area contributed by atoms with Crippen molar-refractivity contribution in [3.63, 3.8) is 0 Å². The van der Waals surface area contributed by atoms with E-state index in [2.05, 4.69) is 17.9 Å². The smallest absolute Gasteiger partial charge is 0.143 e. The lowest BCUT2D eigenvalue weighted by molar-refractivity contribution is 0.417. The molecular weight excluding hydrogens is 236 g/mol. The van der Waals surface area contributed by atoms with Crippen LogP contribution in [0.4, 0.5) is 11.4 Å². The molecule has 0 bridgehead atoms. The first-order valence-electron chi connectivity index (χ1n) is 7.43. The number of benzene rings is 1. The molecule has 0 aliphatic carbocycles. The Labute approximate surface area is 116 Å². The molecule has 1 unspecified atom stereocenters. The monoisotopic (exact) mass is 262 g/mol. The number of hydrogen-bond acceptors (Lipinski definition) is 3. The lowest BCUT2D eigenvalue weighted by atomic mass is 9.96. The fraction of sp³-hybridized carbons (Fsp3) is 0.625. The summed E-state index contributed by atoms with van der Waals surface area (Å²) in [5.41, 5.74) is 8.11. The number of para-hydroxylation sites is 1. The van der Waals surface area contributed by atoms with Gasteiger partial charge in [0.15, 0.2) is 0 Å². The zero-order chi connectivity index (χ0) is 13.7. The van der Waals surface area contributed by atoms with Crippen LogP contribution in [0.3, 0.4) is 0 Å². The van der Waals surface area contributed by atoms with Gasteiger partial charge in [0.25, 0.3) is 0 Å². The largest absolute Gasteiger partial charge is 0.495 e. The highest BCUT2D eigenvalue weighted by Gasteiger charge is 2.19. The van der Waals surface area contributed by atoms with Crippen molar-refractivity contribution in [3.05, 3.63) is 18.2 Å². The molecule has 1 aliphatic rings. The Morgan fingerprint density at radius 2 is 2.16 bits per heavy atom. The highest BCUT2D eigenvalue weighted by molar-refractivity contribution is 5.74. The van der Waals surface area contributed by atoms with Gasteiger partial charge in [0.05, 0.1) is 18.5 Å². The summed E-state index contributed by atoms with van der Waals surface area (Å²) in [6.07, 6.45) is 6.56. The molecule has 0 amide bonds. The van der Waals surface area contributed by atoms with E-state index in [-0.39, 0.29) is 0 Å². The summed E-state index contributed by atoms with van der Waals surface area (Å²) in [7, 11) is 1.68. The van der Waals surface area contributed by atoms with Crippen molar-refractivity contribution in [1.82, 2.24) is 0 Å². The van der Waals surface area contributed by atoms with Gasteiger partial charge in [0.1, 0.15) is 5.75 Å². The molecule has 19 heavy (non-hydrogen) atoms. The van der Waals surface area contributed by atoms with Gasteiger partial charge >= 0.3 is 0 Å². The maximum absolute atomic E-state index is 6.20. The third-order valence-electron chi connectivity index (χ3n) is 4.15. The highest BCUT2D eigenvalue weighted by Crippen LogP contribution is 2.34. The van der Waals surface area contributed by atoms with E-state index >= 15 is 0 Å². The fourth-order valence-corrected chi connectivity index (χ4v) is 3.09. The molecule has 1 fully saturated rings. The molecule has 3 nitrogen and oxygen atoms in total. The van der Waals surface area contributed by atoms with Crippen LogP contribution in [0.15, 0.2) is 18.2 Å². The van der Waals surface area contributed by atoms with E-state index in [0.29, 0.717) is 0 Å². The predicted molar refractivity (Wildman–Crippen MR) is 81.9 cm³/mol. The van der Waals surface area contributed by atoms with Gasteiger partial charge in [0.2, 0.25) is 0 Å². The Bertz CT molecular complexity index is 406. The molecule has 0 saturated carbocycles. The normalized spacial score (nSPS) is 20.1. The number of hydrogen-bond donors (Lipinski definition) is 1. The second-order valence-corrected chi connectivity index (χ2v) is 5.47. The highest BCUT2D eigenvalue weighted by atomic mass is 16.5. The van der Waals surface area contributed by atoms with Crippen LogP contribution in [-0.2, 0) is 0 Å². The van der Waals surface area contributed by atoms with Crippen LogP contribution in [0.2, 0.25) is 0 Å². The van der Waals surface area contributed by atoms with Gasteiger partial charge in [0, 0.05) is 13.1 Å². The summed E-state index contributed by atoms with van der Waals surface area (Å²) < 4.78 is 5.32. The summed E-state index contributed by atoms with van der Waals surface area (Å²) in [5.74, 6) is 1.67. The molecule has 0 radical (unpaired) electrons. The predicted octanol–water partition coefficient (Wildman–Crippen LogP) is 3.68. The first kappa shape index (κ1) is 14.0. The van der Waals surface area contributed by atoms with Crippen molar-refractivity contribution in [2.45, 2.75) is 39.0 Å². The Balaban J connectivity index is 2.10. The van der Waals surface area contributed by atoms with Gasteiger partial charge in [-0.15, -0.1) is 0 Å². The molecule has 0 spiro atoms. The van der Waals surface area contributed by atoms with E-state index in [1.54, 1.807) is 7.11 Å². The van der Waals surface area contributed by atoms with E-state index in [0.717, 1.165) is 36.1 Å². The molecule has 0 aromatic heterocycles. The number of nitrogen functional groups attached to an aromatic ring is 1. The Morgan fingerprint density at radius 3 is 2.89 bits per heavy atom. The van der Waals surface area contributed by atoms with Crippen molar-refractivity contribution < 1.29 is 4.74 Å². The quantitative estimate of drug-likeness (QED) is 0.841. The standard InChI is InChI=1S/C16H26N2O/c1-3-6-13-7-5-11-18(12-10-13)14-8-4-9-15(19-2)16(14)17/h4,8-9,13H,3,5-7,10-12,17H2,1-2H3. The van der Waals surface area contributed by atoms with E-state index in [1.807, 2.05) is 12.1 Å². The van der Waals surface area contributed by atoms with Crippen LogP contribution in [0.5, 0.6) is 5.75 Å². The minimum absolute atomic E-state index is 0.777. The Hall–Kier alpha value is -1.38. The first-order chi connectivity index (χ1) is 9.26. The molecule has 3 heteroatoms. The zero-order valence-corrected chi connectivity index (χ0v) is 12.2. The van der Waals surface area contributed by atoms with Crippen LogP contribution >= 0.6 is 0 Å². The molecule has 2 rings (SSSR count). The van der Waals surface area contributed by atoms with Gasteiger partial charge in [-0.05, 0) is 37.3 Å². The van der Waals surface area contributed by atoms with Crippen molar-refractivity contribution in [1.29, 1.82) is 0 Å². The first-order valence-corrected chi connectivity index (χ1v) is 7.43. The summed E-state index contributed by atoms with van der Waals surface area (Å²) in [5, 5.41) is 0. The van der Waals surface area contributed by atoms with Gasteiger partial charge in [-0.2, -0.15) is 0 Å². The van der Waals surface area contributed by atoms with E-state index in [9.17, 15) is 0 Å². The van der Waals surface area contributed by atoms with Crippen molar-refractivity contribution in [2.24, 2.45) is 5.92 Å². The Kier molecular flexibility index (Phi) is 4.94. The number of nitrogens with two attached hydrogens (primary N) is 1. The minimum atomic E-state index is 0.777. The molecule has 1 atom stereocenters. The molecule has 2 N–H and O–H groups in total. The van der Waals surface area contributed by atoms with Crippen LogP contribution in [-0.4, -0.2) is 20.2 Å². The molecule has 1 aromatic rings. The second-order valence-electron chi connectivity index (χ2n) is 5.47. The summed E-state index contributed by atoms with van der Waals surface area (Å²) in [6.45, 7) is 4.50. The number of rotatable bonds is 4. The number of nitrogens with zero attached hydrogens (tertiary/aromatic N) is 1. The number of methoxy groups -OCH3 is 1. The van der Waals surface area contributed by atoms with Gasteiger partial charge in [-0.1, -0.05) is 25.8 Å². The SMILES string of the molecule is CCCC1CCCN(c2cccc(OC)c2N)CC1. The van der Waals surface area contributed by atoms with Crippen LogP contribution in [0.25, 0.3) is 0 Å². The van der Waals surface area contributed by atoms with Crippen molar-refractivity contribution in [2.75, 3.05) is 30.8 Å². The third-order valence-corrected chi connectivity index (χ3v) is 4.15. The molecular formula is C16H26N2O. The lowest BCUT2D eigenvalue weighted by Crippen LogP contribution is -2.25. The summed E-state index contributed by atoms with van der Waals surface area (Å²) in [4.78, 5) is 2.42. The fourth-order valence-electron chi connectivity index (χ4n) is 3.09.